The molecule has 0 saturated heterocycles. The third-order valence-corrected chi connectivity index (χ3v) is 6.94. The number of carbonyl (C=O) groups excluding carboxylic acids is 1. The van der Waals surface area contributed by atoms with Crippen molar-refractivity contribution in [1.29, 1.82) is 0 Å². The van der Waals surface area contributed by atoms with Crippen molar-refractivity contribution in [2.24, 2.45) is 0 Å². The molecule has 2 N–H and O–H groups in total. The van der Waals surface area contributed by atoms with E-state index in [1.54, 1.807) is 11.3 Å². The van der Waals surface area contributed by atoms with Gasteiger partial charge in [-0.3, -0.25) is 4.79 Å². The molecule has 162 valence electrons. The number of carbonyl (C=O) groups is 1. The number of nitrogens with zero attached hydrogens (tertiary/aromatic N) is 1. The van der Waals surface area contributed by atoms with E-state index in [1.807, 2.05) is 6.07 Å². The van der Waals surface area contributed by atoms with E-state index >= 15 is 0 Å². The quantitative estimate of drug-likeness (QED) is 0.541. The Kier molecular flexibility index (Phi) is 9.15. The van der Waals surface area contributed by atoms with Crippen molar-refractivity contribution in [2.45, 2.75) is 70.5 Å². The van der Waals surface area contributed by atoms with Gasteiger partial charge in [0, 0.05) is 17.0 Å². The average Bonchev–Trinajstić information content (AvgIpc) is 3.29. The highest BCUT2D eigenvalue weighted by atomic mass is 32.1. The number of amides is 1. The van der Waals surface area contributed by atoms with Gasteiger partial charge in [0.15, 0.2) is 5.11 Å². The highest BCUT2D eigenvalue weighted by Gasteiger charge is 2.24. The molecule has 4 nitrogen and oxygen atoms in total. The van der Waals surface area contributed by atoms with E-state index in [0.29, 0.717) is 11.2 Å². The van der Waals surface area contributed by atoms with E-state index in [4.69, 9.17) is 12.2 Å². The minimum absolute atomic E-state index is 0.00219. The summed E-state index contributed by atoms with van der Waals surface area (Å²) in [6.07, 6.45) is 8.07. The molecule has 0 bridgehead atoms. The van der Waals surface area contributed by atoms with Gasteiger partial charge < -0.3 is 15.5 Å². The fraction of sp³-hybridized carbons (Fsp3) is 0.500. The van der Waals surface area contributed by atoms with E-state index in [0.717, 1.165) is 19.4 Å². The number of benzene rings is 1. The van der Waals surface area contributed by atoms with E-state index in [2.05, 4.69) is 64.2 Å². The molecule has 0 spiro atoms. The van der Waals surface area contributed by atoms with Crippen LogP contribution in [0.15, 0.2) is 47.8 Å². The van der Waals surface area contributed by atoms with Gasteiger partial charge in [0.1, 0.15) is 0 Å². The zero-order valence-electron chi connectivity index (χ0n) is 17.8. The van der Waals surface area contributed by atoms with E-state index in [1.165, 1.54) is 42.5 Å². The molecule has 0 radical (unpaired) electrons. The summed E-state index contributed by atoms with van der Waals surface area (Å²) in [5.74, 6) is -0.00219. The highest BCUT2D eigenvalue weighted by Crippen LogP contribution is 2.25. The number of thiophene rings is 1. The number of hydrogen-bond acceptors (Lipinski definition) is 3. The monoisotopic (exact) mass is 443 g/mol. The van der Waals surface area contributed by atoms with Gasteiger partial charge in [0.05, 0.1) is 13.1 Å². The largest absolute Gasteiger partial charge is 0.353 e. The van der Waals surface area contributed by atoms with Gasteiger partial charge >= 0.3 is 0 Å². The van der Waals surface area contributed by atoms with Crippen molar-refractivity contribution >= 4 is 34.6 Å². The van der Waals surface area contributed by atoms with E-state index < -0.39 is 0 Å². The van der Waals surface area contributed by atoms with E-state index in [-0.39, 0.29) is 18.5 Å². The fourth-order valence-corrected chi connectivity index (χ4v) is 5.00. The van der Waals surface area contributed by atoms with Crippen LogP contribution in [-0.2, 0) is 17.8 Å². The second-order valence-electron chi connectivity index (χ2n) is 8.15. The number of thiocarbonyl (C=S) groups is 1. The maximum Gasteiger partial charge on any atom is 0.239 e. The van der Waals surface area contributed by atoms with Crippen LogP contribution in [0.4, 0.5) is 0 Å². The standard InChI is InChI=1S/C24H33N3OS2/c1-19(14-15-20-9-4-2-5-10-20)26-23(28)17-25-24(29)27(18-22-13-8-16-30-22)21-11-6-3-7-12-21/h2,4-5,8-10,13,16,19,21H,3,6-7,11-12,14-15,17-18H2,1H3,(H,25,29)(H,26,28)/t19-/m1/s1. The topological polar surface area (TPSA) is 44.4 Å². The molecule has 6 heteroatoms. The summed E-state index contributed by atoms with van der Waals surface area (Å²) in [5, 5.41) is 9.12. The summed E-state index contributed by atoms with van der Waals surface area (Å²) >= 11 is 7.48. The van der Waals surface area contributed by atoms with Crippen molar-refractivity contribution in [3.8, 4) is 0 Å². The molecule has 1 heterocycles. The molecule has 1 aliphatic rings. The Bertz CT molecular complexity index is 773. The lowest BCUT2D eigenvalue weighted by molar-refractivity contribution is -0.120. The molecule has 3 rings (SSSR count). The SMILES string of the molecule is C[C@H](CCc1ccccc1)NC(=O)CNC(=S)N(Cc1cccs1)C1CCCCC1. The van der Waals surface area contributed by atoms with Crippen LogP contribution in [0.2, 0.25) is 0 Å². The third kappa shape index (κ3) is 7.40. The Balaban J connectivity index is 1.45. The Morgan fingerprint density at radius 3 is 2.63 bits per heavy atom. The molecule has 30 heavy (non-hydrogen) atoms. The molecular formula is C24H33N3OS2. The van der Waals surface area contributed by atoms with Crippen molar-refractivity contribution in [3.63, 3.8) is 0 Å². The lowest BCUT2D eigenvalue weighted by atomic mass is 9.94. The van der Waals surface area contributed by atoms with Crippen molar-refractivity contribution in [1.82, 2.24) is 15.5 Å². The minimum atomic E-state index is -0.00219. The zero-order chi connectivity index (χ0) is 21.2. The van der Waals surface area contributed by atoms with Gasteiger partial charge in [-0.1, -0.05) is 55.7 Å². The Hall–Kier alpha value is -1.92. The molecular weight excluding hydrogens is 410 g/mol. The predicted molar refractivity (Wildman–Crippen MR) is 130 cm³/mol. The molecule has 1 aliphatic carbocycles. The van der Waals surface area contributed by atoms with Crippen molar-refractivity contribution < 1.29 is 4.79 Å². The summed E-state index contributed by atoms with van der Waals surface area (Å²) in [7, 11) is 0. The van der Waals surface area contributed by atoms with Crippen LogP contribution < -0.4 is 10.6 Å². The minimum Gasteiger partial charge on any atom is -0.353 e. The predicted octanol–water partition coefficient (Wildman–Crippen LogP) is 4.89. The summed E-state index contributed by atoms with van der Waals surface area (Å²) in [5.41, 5.74) is 1.30. The van der Waals surface area contributed by atoms with Crippen LogP contribution in [0.1, 0.15) is 55.9 Å². The molecule has 0 aliphatic heterocycles. The van der Waals surface area contributed by atoms with Gasteiger partial charge in [-0.2, -0.15) is 0 Å². The average molecular weight is 444 g/mol. The van der Waals surface area contributed by atoms with Gasteiger partial charge in [-0.15, -0.1) is 11.3 Å². The first kappa shape index (κ1) is 22.8. The second kappa shape index (κ2) is 12.1. The Morgan fingerprint density at radius 2 is 1.93 bits per heavy atom. The number of nitrogens with one attached hydrogen (secondary N) is 2. The summed E-state index contributed by atoms with van der Waals surface area (Å²) < 4.78 is 0. The molecule has 1 atom stereocenters. The molecule has 2 aromatic rings. The zero-order valence-corrected chi connectivity index (χ0v) is 19.4. The lowest BCUT2D eigenvalue weighted by Gasteiger charge is -2.36. The van der Waals surface area contributed by atoms with Gasteiger partial charge in [0.2, 0.25) is 5.91 Å². The first-order chi connectivity index (χ1) is 14.6. The lowest BCUT2D eigenvalue weighted by Crippen LogP contribution is -2.49. The van der Waals surface area contributed by atoms with E-state index in [9.17, 15) is 4.79 Å². The van der Waals surface area contributed by atoms with Crippen LogP contribution in [0, 0.1) is 0 Å². The number of hydrogen-bond donors (Lipinski definition) is 2. The fourth-order valence-electron chi connectivity index (χ4n) is 4.01. The van der Waals surface area contributed by atoms with Gasteiger partial charge in [0.25, 0.3) is 0 Å². The highest BCUT2D eigenvalue weighted by molar-refractivity contribution is 7.80. The summed E-state index contributed by atoms with van der Waals surface area (Å²) in [4.78, 5) is 16.0. The molecule has 1 aromatic heterocycles. The maximum atomic E-state index is 12.4. The Labute approximate surface area is 190 Å². The molecule has 1 amide bonds. The first-order valence-electron chi connectivity index (χ1n) is 11.0. The smallest absolute Gasteiger partial charge is 0.239 e. The first-order valence-corrected chi connectivity index (χ1v) is 12.3. The molecule has 0 unspecified atom stereocenters. The number of aryl methyl sites for hydroxylation is 1. The third-order valence-electron chi connectivity index (χ3n) is 5.70. The molecule has 1 saturated carbocycles. The van der Waals surface area contributed by atoms with Crippen LogP contribution >= 0.6 is 23.6 Å². The maximum absolute atomic E-state index is 12.4. The van der Waals surface area contributed by atoms with Gasteiger partial charge in [-0.05, 0) is 61.8 Å². The summed E-state index contributed by atoms with van der Waals surface area (Å²) in [6, 6.07) is 15.2. The molecule has 1 aromatic carbocycles. The number of rotatable bonds is 9. The van der Waals surface area contributed by atoms with Gasteiger partial charge in [-0.25, -0.2) is 0 Å². The normalized spacial score (nSPS) is 15.4. The van der Waals surface area contributed by atoms with Crippen molar-refractivity contribution in [2.75, 3.05) is 6.54 Å². The van der Waals surface area contributed by atoms with Crippen LogP contribution in [-0.4, -0.2) is 34.5 Å². The van der Waals surface area contributed by atoms with Crippen LogP contribution in [0.5, 0.6) is 0 Å². The van der Waals surface area contributed by atoms with Crippen LogP contribution in [0.25, 0.3) is 0 Å². The van der Waals surface area contributed by atoms with Crippen LogP contribution in [0.3, 0.4) is 0 Å². The van der Waals surface area contributed by atoms with Crippen molar-refractivity contribution in [3.05, 3.63) is 58.3 Å². The second-order valence-corrected chi connectivity index (χ2v) is 9.57. The molecule has 1 fully saturated rings. The summed E-state index contributed by atoms with van der Waals surface area (Å²) in [6.45, 7) is 3.11. The Morgan fingerprint density at radius 1 is 1.17 bits per heavy atom.